The van der Waals surface area contributed by atoms with Gasteiger partial charge in [-0.25, -0.2) is 0 Å². The molecule has 0 aliphatic rings. The summed E-state index contributed by atoms with van der Waals surface area (Å²) in [5.41, 5.74) is 6.21. The fourth-order valence-corrected chi connectivity index (χ4v) is 1.65. The maximum Gasteiger partial charge on any atom is 0.119 e. The standard InChI is InChI=1S/C15H26N2O3/c1-15(2,11-18)17(3)9-13(19)10-20-14-6-4-12(8-16)5-7-14/h4-7,13,18-19H,8-11,16H2,1-3H3. The molecule has 0 heterocycles. The Morgan fingerprint density at radius 1 is 1.30 bits per heavy atom. The molecule has 0 aliphatic heterocycles. The highest BCUT2D eigenvalue weighted by Gasteiger charge is 2.24. The van der Waals surface area contributed by atoms with E-state index >= 15 is 0 Å². The Bertz CT molecular complexity index is 393. The predicted octanol–water partition coefficient (Wildman–Crippen LogP) is 0.588. The molecule has 0 spiro atoms. The van der Waals surface area contributed by atoms with Crippen LogP contribution in [-0.4, -0.2) is 53.6 Å². The Morgan fingerprint density at radius 3 is 2.40 bits per heavy atom. The second kappa shape index (κ2) is 7.59. The number of likely N-dealkylation sites (N-methyl/N-ethyl adjacent to an activating group) is 1. The van der Waals surface area contributed by atoms with Crippen molar-refractivity contribution in [2.75, 3.05) is 26.8 Å². The van der Waals surface area contributed by atoms with E-state index in [1.807, 2.05) is 50.1 Å². The van der Waals surface area contributed by atoms with Gasteiger partial charge in [-0.3, -0.25) is 4.90 Å². The summed E-state index contributed by atoms with van der Waals surface area (Å²) in [5, 5.41) is 19.2. The molecule has 114 valence electrons. The first-order valence-electron chi connectivity index (χ1n) is 6.81. The Morgan fingerprint density at radius 2 is 1.90 bits per heavy atom. The first-order valence-corrected chi connectivity index (χ1v) is 6.81. The number of benzene rings is 1. The fraction of sp³-hybridized carbons (Fsp3) is 0.600. The van der Waals surface area contributed by atoms with Crippen LogP contribution in [0.4, 0.5) is 0 Å². The second-order valence-electron chi connectivity index (χ2n) is 5.66. The highest BCUT2D eigenvalue weighted by atomic mass is 16.5. The first-order chi connectivity index (χ1) is 9.39. The van der Waals surface area contributed by atoms with Gasteiger partial charge in [0.25, 0.3) is 0 Å². The van der Waals surface area contributed by atoms with E-state index in [0.29, 0.717) is 18.8 Å². The van der Waals surface area contributed by atoms with Gasteiger partial charge in [0.05, 0.1) is 6.61 Å². The van der Waals surface area contributed by atoms with Crippen molar-refractivity contribution in [3.8, 4) is 5.75 Å². The molecule has 1 aromatic rings. The average molecular weight is 282 g/mol. The smallest absolute Gasteiger partial charge is 0.119 e. The summed E-state index contributed by atoms with van der Waals surface area (Å²) in [7, 11) is 1.87. The first kappa shape index (κ1) is 16.9. The zero-order valence-corrected chi connectivity index (χ0v) is 12.5. The van der Waals surface area contributed by atoms with E-state index in [9.17, 15) is 10.2 Å². The zero-order valence-electron chi connectivity index (χ0n) is 12.5. The molecule has 0 bridgehead atoms. The lowest BCUT2D eigenvalue weighted by Crippen LogP contribution is -2.48. The monoisotopic (exact) mass is 282 g/mol. The third-order valence-electron chi connectivity index (χ3n) is 3.51. The summed E-state index contributed by atoms with van der Waals surface area (Å²) in [6, 6.07) is 7.50. The molecule has 0 saturated carbocycles. The number of aliphatic hydroxyl groups is 2. The third-order valence-corrected chi connectivity index (χ3v) is 3.51. The molecule has 1 aromatic carbocycles. The van der Waals surface area contributed by atoms with Crippen molar-refractivity contribution in [2.24, 2.45) is 5.73 Å². The molecule has 20 heavy (non-hydrogen) atoms. The summed E-state index contributed by atoms with van der Waals surface area (Å²) < 4.78 is 5.53. The fourth-order valence-electron chi connectivity index (χ4n) is 1.65. The van der Waals surface area contributed by atoms with Crippen LogP contribution < -0.4 is 10.5 Å². The van der Waals surface area contributed by atoms with E-state index in [0.717, 1.165) is 5.56 Å². The van der Waals surface area contributed by atoms with E-state index in [-0.39, 0.29) is 18.8 Å². The SMILES string of the molecule is CN(CC(O)COc1ccc(CN)cc1)C(C)(C)CO. The lowest BCUT2D eigenvalue weighted by Gasteiger charge is -2.35. The van der Waals surface area contributed by atoms with Crippen molar-refractivity contribution < 1.29 is 14.9 Å². The van der Waals surface area contributed by atoms with E-state index in [1.54, 1.807) is 0 Å². The molecular weight excluding hydrogens is 256 g/mol. The minimum atomic E-state index is -0.611. The maximum absolute atomic E-state index is 9.97. The van der Waals surface area contributed by atoms with Gasteiger partial charge >= 0.3 is 0 Å². The highest BCUT2D eigenvalue weighted by molar-refractivity contribution is 5.27. The van der Waals surface area contributed by atoms with E-state index in [2.05, 4.69) is 0 Å². The molecule has 0 aliphatic carbocycles. The van der Waals surface area contributed by atoms with Crippen molar-refractivity contribution in [3.05, 3.63) is 29.8 Å². The van der Waals surface area contributed by atoms with Crippen molar-refractivity contribution in [2.45, 2.75) is 32.0 Å². The summed E-state index contributed by atoms with van der Waals surface area (Å²) in [5.74, 6) is 0.713. The molecule has 0 aromatic heterocycles. The number of nitrogens with two attached hydrogens (primary N) is 1. The van der Waals surface area contributed by atoms with Crippen LogP contribution in [0, 0.1) is 0 Å². The van der Waals surface area contributed by atoms with Gasteiger partial charge in [0.1, 0.15) is 18.5 Å². The lowest BCUT2D eigenvalue weighted by molar-refractivity contribution is 0.0193. The van der Waals surface area contributed by atoms with Crippen LogP contribution in [0.5, 0.6) is 5.75 Å². The van der Waals surface area contributed by atoms with E-state index < -0.39 is 6.10 Å². The van der Waals surface area contributed by atoms with Crippen LogP contribution >= 0.6 is 0 Å². The molecular formula is C15H26N2O3. The van der Waals surface area contributed by atoms with E-state index in [1.165, 1.54) is 0 Å². The Balaban J connectivity index is 2.40. The second-order valence-corrected chi connectivity index (χ2v) is 5.66. The topological polar surface area (TPSA) is 79.0 Å². The molecule has 5 heteroatoms. The minimum absolute atomic E-state index is 0.0393. The molecule has 0 saturated heterocycles. The summed E-state index contributed by atoms with van der Waals surface area (Å²) in [4.78, 5) is 1.92. The molecule has 1 unspecified atom stereocenters. The summed E-state index contributed by atoms with van der Waals surface area (Å²) in [6.45, 7) is 5.04. The number of rotatable bonds is 8. The third kappa shape index (κ3) is 5.09. The quantitative estimate of drug-likeness (QED) is 0.650. The van der Waals surface area contributed by atoms with Crippen LogP contribution in [0.2, 0.25) is 0 Å². The van der Waals surface area contributed by atoms with E-state index in [4.69, 9.17) is 10.5 Å². The zero-order chi connectivity index (χ0) is 15.2. The Kier molecular flexibility index (Phi) is 6.42. The normalized spacial score (nSPS) is 13.6. The van der Waals surface area contributed by atoms with Gasteiger partial charge in [-0.15, -0.1) is 0 Å². The number of hydrogen-bond acceptors (Lipinski definition) is 5. The van der Waals surface area contributed by atoms with Gasteiger partial charge < -0.3 is 20.7 Å². The number of nitrogens with zero attached hydrogens (tertiary/aromatic N) is 1. The molecule has 1 atom stereocenters. The van der Waals surface area contributed by atoms with Crippen LogP contribution in [-0.2, 0) is 6.54 Å². The largest absolute Gasteiger partial charge is 0.491 e. The predicted molar refractivity (Wildman–Crippen MR) is 79.6 cm³/mol. The van der Waals surface area contributed by atoms with Gasteiger partial charge in [0, 0.05) is 18.6 Å². The molecule has 4 N–H and O–H groups in total. The minimum Gasteiger partial charge on any atom is -0.491 e. The van der Waals surface area contributed by atoms with Gasteiger partial charge in [-0.1, -0.05) is 12.1 Å². The molecule has 0 amide bonds. The molecule has 0 radical (unpaired) electrons. The summed E-state index contributed by atoms with van der Waals surface area (Å²) >= 11 is 0. The van der Waals surface area contributed by atoms with Crippen LogP contribution in [0.15, 0.2) is 24.3 Å². The van der Waals surface area contributed by atoms with Gasteiger partial charge in [0.15, 0.2) is 0 Å². The molecule has 5 nitrogen and oxygen atoms in total. The number of ether oxygens (including phenoxy) is 1. The van der Waals surface area contributed by atoms with Crippen molar-refractivity contribution in [1.29, 1.82) is 0 Å². The number of aliphatic hydroxyl groups excluding tert-OH is 2. The Hall–Kier alpha value is -1.14. The van der Waals surface area contributed by atoms with Crippen LogP contribution in [0.25, 0.3) is 0 Å². The molecule has 1 rings (SSSR count). The van der Waals surface area contributed by atoms with Crippen molar-refractivity contribution in [3.63, 3.8) is 0 Å². The van der Waals surface area contributed by atoms with Gasteiger partial charge in [-0.2, -0.15) is 0 Å². The number of hydrogen-bond donors (Lipinski definition) is 3. The van der Waals surface area contributed by atoms with Crippen LogP contribution in [0.3, 0.4) is 0 Å². The van der Waals surface area contributed by atoms with Gasteiger partial charge in [-0.05, 0) is 38.6 Å². The van der Waals surface area contributed by atoms with Gasteiger partial charge in [0.2, 0.25) is 0 Å². The number of β-amino-alcohol motifs (C(OH)–C–C–N with tert-alkyl or cyclic N) is 1. The maximum atomic E-state index is 9.97. The lowest BCUT2D eigenvalue weighted by atomic mass is 10.0. The van der Waals surface area contributed by atoms with Crippen molar-refractivity contribution >= 4 is 0 Å². The highest BCUT2D eigenvalue weighted by Crippen LogP contribution is 2.14. The summed E-state index contributed by atoms with van der Waals surface area (Å²) in [6.07, 6.45) is -0.611. The average Bonchev–Trinajstić information content (AvgIpc) is 2.45. The molecule has 0 fully saturated rings. The van der Waals surface area contributed by atoms with Crippen molar-refractivity contribution in [1.82, 2.24) is 4.90 Å². The Labute approximate surface area is 121 Å². The van der Waals surface area contributed by atoms with Crippen LogP contribution in [0.1, 0.15) is 19.4 Å².